The fraction of sp³-hybridized carbons (Fsp3) is 0.333. The van der Waals surface area contributed by atoms with Gasteiger partial charge in [-0.2, -0.15) is 0 Å². The largest absolute Gasteiger partial charge is 0.302 e. The van der Waals surface area contributed by atoms with Crippen LogP contribution in [0, 0.1) is 0 Å². The van der Waals surface area contributed by atoms with Gasteiger partial charge in [-0.25, -0.2) is 13.4 Å². The van der Waals surface area contributed by atoms with Gasteiger partial charge in [0.15, 0.2) is 15.0 Å². The van der Waals surface area contributed by atoms with Crippen molar-refractivity contribution in [3.8, 4) is 0 Å². The number of hydrogen-bond acceptors (Lipinski definition) is 6. The SMILES string of the molecule is CCN(CC)CCN(C(=O)CS(=O)(=O)c1ccc(Cl)cc1)c1nc2ccc(Cl)cc2s1. The van der Waals surface area contributed by atoms with Crippen LogP contribution in [-0.4, -0.2) is 56.1 Å². The molecule has 2 aromatic carbocycles. The van der Waals surface area contributed by atoms with Gasteiger partial charge in [-0.05, 0) is 55.6 Å². The number of likely N-dealkylation sites (N-methyl/N-ethyl adjacent to an activating group) is 1. The second-order valence-electron chi connectivity index (χ2n) is 6.89. The minimum atomic E-state index is -3.82. The van der Waals surface area contributed by atoms with Gasteiger partial charge in [0, 0.05) is 23.1 Å². The highest BCUT2D eigenvalue weighted by atomic mass is 35.5. The van der Waals surface area contributed by atoms with Crippen LogP contribution in [0.1, 0.15) is 13.8 Å². The molecule has 6 nitrogen and oxygen atoms in total. The molecule has 3 aromatic rings. The summed E-state index contributed by atoms with van der Waals surface area (Å²) in [4.78, 5) is 21.4. The number of amides is 1. The predicted molar refractivity (Wildman–Crippen MR) is 128 cm³/mol. The first-order chi connectivity index (χ1) is 14.7. The molecule has 1 aromatic heterocycles. The Labute approximate surface area is 196 Å². The molecule has 0 N–H and O–H groups in total. The van der Waals surface area contributed by atoms with Crippen LogP contribution in [0.4, 0.5) is 5.13 Å². The maximum atomic E-state index is 13.2. The van der Waals surface area contributed by atoms with Crippen LogP contribution in [0.25, 0.3) is 10.2 Å². The number of fused-ring (bicyclic) bond motifs is 1. The van der Waals surface area contributed by atoms with Crippen molar-refractivity contribution >= 4 is 65.6 Å². The van der Waals surface area contributed by atoms with Gasteiger partial charge < -0.3 is 4.90 Å². The van der Waals surface area contributed by atoms with Crippen LogP contribution in [-0.2, 0) is 14.6 Å². The molecule has 166 valence electrons. The van der Waals surface area contributed by atoms with Crippen molar-refractivity contribution in [1.82, 2.24) is 9.88 Å². The van der Waals surface area contributed by atoms with Crippen molar-refractivity contribution in [3.05, 3.63) is 52.5 Å². The number of carbonyl (C=O) groups is 1. The lowest BCUT2D eigenvalue weighted by Gasteiger charge is -2.24. The minimum Gasteiger partial charge on any atom is -0.302 e. The Kier molecular flexibility index (Phi) is 7.93. The molecule has 1 amide bonds. The van der Waals surface area contributed by atoms with Crippen LogP contribution in [0.5, 0.6) is 0 Å². The predicted octanol–water partition coefficient (Wildman–Crippen LogP) is 4.75. The highest BCUT2D eigenvalue weighted by molar-refractivity contribution is 7.92. The number of sulfone groups is 1. The van der Waals surface area contributed by atoms with Crippen molar-refractivity contribution in [3.63, 3.8) is 0 Å². The number of hydrogen-bond donors (Lipinski definition) is 0. The lowest BCUT2D eigenvalue weighted by molar-refractivity contribution is -0.116. The van der Waals surface area contributed by atoms with Gasteiger partial charge in [-0.3, -0.25) is 9.69 Å². The van der Waals surface area contributed by atoms with Gasteiger partial charge in [-0.1, -0.05) is 48.4 Å². The van der Waals surface area contributed by atoms with Crippen LogP contribution in [0.2, 0.25) is 10.0 Å². The molecule has 0 aliphatic heterocycles. The van der Waals surface area contributed by atoms with Gasteiger partial charge >= 0.3 is 0 Å². The molecule has 0 saturated heterocycles. The van der Waals surface area contributed by atoms with E-state index in [0.29, 0.717) is 33.8 Å². The molecule has 1 heterocycles. The summed E-state index contributed by atoms with van der Waals surface area (Å²) >= 11 is 13.3. The zero-order chi connectivity index (χ0) is 22.6. The van der Waals surface area contributed by atoms with E-state index in [1.807, 2.05) is 13.8 Å². The van der Waals surface area contributed by atoms with Gasteiger partial charge in [0.05, 0.1) is 15.1 Å². The van der Waals surface area contributed by atoms with E-state index in [1.54, 1.807) is 18.2 Å². The Hall–Kier alpha value is -1.71. The maximum absolute atomic E-state index is 13.2. The number of halogens is 2. The molecular weight excluding hydrogens is 477 g/mol. The smallest absolute Gasteiger partial charge is 0.244 e. The van der Waals surface area contributed by atoms with E-state index in [4.69, 9.17) is 23.2 Å². The number of benzene rings is 2. The van der Waals surface area contributed by atoms with Crippen molar-refractivity contribution in [2.45, 2.75) is 18.7 Å². The monoisotopic (exact) mass is 499 g/mol. The molecule has 0 fully saturated rings. The number of aromatic nitrogens is 1. The van der Waals surface area contributed by atoms with Crippen LogP contribution >= 0.6 is 34.5 Å². The Morgan fingerprint density at radius 2 is 1.65 bits per heavy atom. The first-order valence-electron chi connectivity index (χ1n) is 9.80. The van der Waals surface area contributed by atoms with E-state index >= 15 is 0 Å². The normalized spacial score (nSPS) is 11.9. The average molecular weight is 500 g/mol. The van der Waals surface area contributed by atoms with E-state index in [0.717, 1.165) is 17.8 Å². The van der Waals surface area contributed by atoms with E-state index < -0.39 is 21.5 Å². The van der Waals surface area contributed by atoms with E-state index in [-0.39, 0.29) is 4.90 Å². The molecular formula is C21H23Cl2N3O3S2. The number of carbonyl (C=O) groups excluding carboxylic acids is 1. The quantitative estimate of drug-likeness (QED) is 0.424. The number of thiazole rings is 1. The van der Waals surface area contributed by atoms with E-state index in [1.165, 1.54) is 40.5 Å². The minimum absolute atomic E-state index is 0.0602. The highest BCUT2D eigenvalue weighted by Gasteiger charge is 2.27. The van der Waals surface area contributed by atoms with Crippen molar-refractivity contribution in [2.24, 2.45) is 0 Å². The third kappa shape index (κ3) is 5.96. The van der Waals surface area contributed by atoms with Gasteiger partial charge in [0.2, 0.25) is 5.91 Å². The van der Waals surface area contributed by atoms with E-state index in [2.05, 4.69) is 9.88 Å². The number of rotatable bonds is 9. The summed E-state index contributed by atoms with van der Waals surface area (Å²) in [5.74, 6) is -1.17. The summed E-state index contributed by atoms with van der Waals surface area (Å²) in [6.45, 7) is 6.69. The Bertz CT molecular complexity index is 1160. The fourth-order valence-corrected chi connectivity index (χ4v) is 5.69. The molecule has 0 aliphatic rings. The summed E-state index contributed by atoms with van der Waals surface area (Å²) < 4.78 is 26.5. The molecule has 0 spiro atoms. The molecule has 0 saturated carbocycles. The Morgan fingerprint density at radius 3 is 2.29 bits per heavy atom. The molecule has 31 heavy (non-hydrogen) atoms. The Balaban J connectivity index is 1.90. The zero-order valence-electron chi connectivity index (χ0n) is 17.2. The zero-order valence-corrected chi connectivity index (χ0v) is 20.4. The number of anilines is 1. The van der Waals surface area contributed by atoms with Gasteiger partial charge in [0.1, 0.15) is 5.75 Å². The topological polar surface area (TPSA) is 70.6 Å². The summed E-state index contributed by atoms with van der Waals surface area (Å²) in [5.41, 5.74) is 0.714. The summed E-state index contributed by atoms with van der Waals surface area (Å²) in [6.07, 6.45) is 0. The molecule has 10 heteroatoms. The van der Waals surface area contributed by atoms with Crippen LogP contribution in [0.3, 0.4) is 0 Å². The summed E-state index contributed by atoms with van der Waals surface area (Å²) in [5, 5.41) is 1.47. The average Bonchev–Trinajstić information content (AvgIpc) is 3.13. The highest BCUT2D eigenvalue weighted by Crippen LogP contribution is 2.31. The lowest BCUT2D eigenvalue weighted by atomic mass is 10.3. The van der Waals surface area contributed by atoms with Gasteiger partial charge in [-0.15, -0.1) is 0 Å². The third-order valence-electron chi connectivity index (χ3n) is 4.89. The summed E-state index contributed by atoms with van der Waals surface area (Å²) in [7, 11) is -3.82. The second kappa shape index (κ2) is 10.3. The molecule has 3 rings (SSSR count). The molecule has 0 unspecified atom stereocenters. The molecule has 0 bridgehead atoms. The first kappa shape index (κ1) is 23.9. The second-order valence-corrected chi connectivity index (χ2v) is 10.8. The Morgan fingerprint density at radius 1 is 1.00 bits per heavy atom. The van der Waals surface area contributed by atoms with Crippen molar-refractivity contribution in [2.75, 3.05) is 36.8 Å². The third-order valence-corrected chi connectivity index (χ3v) is 8.04. The lowest BCUT2D eigenvalue weighted by Crippen LogP contribution is -2.41. The number of nitrogens with zero attached hydrogens (tertiary/aromatic N) is 3. The summed E-state index contributed by atoms with van der Waals surface area (Å²) in [6, 6.07) is 11.1. The van der Waals surface area contributed by atoms with Crippen molar-refractivity contribution < 1.29 is 13.2 Å². The van der Waals surface area contributed by atoms with Gasteiger partial charge in [0.25, 0.3) is 0 Å². The molecule has 0 atom stereocenters. The fourth-order valence-electron chi connectivity index (χ4n) is 3.08. The first-order valence-corrected chi connectivity index (χ1v) is 13.0. The standard InChI is InChI=1S/C21H23Cl2N3O3S2/c1-3-25(4-2)11-12-26(21-24-18-10-7-16(23)13-19(18)30-21)20(27)14-31(28,29)17-8-5-15(22)6-9-17/h5-10,13H,3-4,11-12,14H2,1-2H3. The van der Waals surface area contributed by atoms with Crippen LogP contribution < -0.4 is 4.90 Å². The van der Waals surface area contributed by atoms with Crippen molar-refractivity contribution in [1.29, 1.82) is 0 Å². The molecule has 0 aliphatic carbocycles. The maximum Gasteiger partial charge on any atom is 0.244 e. The van der Waals surface area contributed by atoms with E-state index in [9.17, 15) is 13.2 Å². The molecule has 0 radical (unpaired) electrons. The van der Waals surface area contributed by atoms with Crippen LogP contribution in [0.15, 0.2) is 47.4 Å².